The molecule has 2 aromatic rings. The van der Waals surface area contributed by atoms with E-state index in [0.29, 0.717) is 5.03 Å². The normalized spacial score (nSPS) is 20.4. The van der Waals surface area contributed by atoms with Crippen molar-refractivity contribution in [2.24, 2.45) is 11.7 Å². The molecule has 0 amide bonds. The fourth-order valence-electron chi connectivity index (χ4n) is 2.71. The van der Waals surface area contributed by atoms with Crippen LogP contribution in [0.2, 0.25) is 0 Å². The minimum atomic E-state index is -0.941. The Morgan fingerprint density at radius 1 is 1.00 bits per heavy atom. The van der Waals surface area contributed by atoms with Gasteiger partial charge < -0.3 is 20.9 Å². The molecule has 0 saturated carbocycles. The standard InChI is InChI=1S/C14H14Cl2N2O.C7H9NO/c1-19-11-5-2-9(3-6-11)14(16)8-10(15)4-7-12(14)13(17)18;1-9-7-4-2-6(8)3-5-7/h2-8,12H,1H3,(H3,17,18);2-5H,8H2,1H3. The molecule has 2 atom stereocenters. The SMILES string of the molecule is COc1ccc(C2(Cl)C=C(Cl)C=CC2C(=N)N)cc1.COc1ccc(N)cc1. The molecule has 5 N–H and O–H groups in total. The van der Waals surface area contributed by atoms with Crippen molar-refractivity contribution < 1.29 is 9.47 Å². The third-order valence-electron chi connectivity index (χ3n) is 4.23. The highest BCUT2D eigenvalue weighted by Gasteiger charge is 2.39. The van der Waals surface area contributed by atoms with Gasteiger partial charge in [-0.25, -0.2) is 0 Å². The van der Waals surface area contributed by atoms with Crippen molar-refractivity contribution in [1.82, 2.24) is 0 Å². The summed E-state index contributed by atoms with van der Waals surface area (Å²) in [5.74, 6) is 1.15. The van der Waals surface area contributed by atoms with E-state index in [4.69, 9.17) is 49.6 Å². The Morgan fingerprint density at radius 2 is 1.50 bits per heavy atom. The van der Waals surface area contributed by atoms with Gasteiger partial charge in [-0.2, -0.15) is 0 Å². The number of anilines is 1. The van der Waals surface area contributed by atoms with Gasteiger partial charge in [0.15, 0.2) is 0 Å². The summed E-state index contributed by atoms with van der Waals surface area (Å²) in [7, 11) is 3.23. The van der Waals surface area contributed by atoms with Crippen LogP contribution in [0.15, 0.2) is 71.8 Å². The molecule has 0 spiro atoms. The molecule has 0 fully saturated rings. The Morgan fingerprint density at radius 3 is 1.96 bits per heavy atom. The van der Waals surface area contributed by atoms with E-state index in [-0.39, 0.29) is 5.84 Å². The zero-order valence-electron chi connectivity index (χ0n) is 15.7. The van der Waals surface area contributed by atoms with Gasteiger partial charge in [0, 0.05) is 10.7 Å². The molecule has 7 heteroatoms. The highest BCUT2D eigenvalue weighted by Crippen LogP contribution is 2.43. The van der Waals surface area contributed by atoms with E-state index < -0.39 is 10.8 Å². The summed E-state index contributed by atoms with van der Waals surface area (Å²) in [5.41, 5.74) is 12.6. The maximum absolute atomic E-state index is 7.68. The van der Waals surface area contributed by atoms with Gasteiger partial charge in [-0.15, -0.1) is 11.6 Å². The van der Waals surface area contributed by atoms with E-state index in [0.717, 1.165) is 22.7 Å². The molecule has 1 aliphatic carbocycles. The third kappa shape index (κ3) is 5.21. The first-order valence-electron chi connectivity index (χ1n) is 8.43. The second-order valence-corrected chi connectivity index (χ2v) is 7.15. The minimum absolute atomic E-state index is 0.00230. The number of nitrogens with two attached hydrogens (primary N) is 2. The van der Waals surface area contributed by atoms with Crippen molar-refractivity contribution in [2.45, 2.75) is 4.87 Å². The van der Waals surface area contributed by atoms with Crippen molar-refractivity contribution in [3.8, 4) is 11.5 Å². The summed E-state index contributed by atoms with van der Waals surface area (Å²) in [4.78, 5) is -0.941. The van der Waals surface area contributed by atoms with Crippen LogP contribution in [-0.4, -0.2) is 20.1 Å². The average Bonchev–Trinajstić information content (AvgIpc) is 2.69. The summed E-state index contributed by atoms with van der Waals surface area (Å²) >= 11 is 12.7. The number of ether oxygens (including phenoxy) is 2. The summed E-state index contributed by atoms with van der Waals surface area (Å²) in [6.45, 7) is 0. The van der Waals surface area contributed by atoms with Crippen LogP contribution in [0.25, 0.3) is 0 Å². The maximum atomic E-state index is 7.68. The zero-order chi connectivity index (χ0) is 20.7. The number of halogens is 2. The first-order valence-corrected chi connectivity index (χ1v) is 9.19. The fraction of sp³-hybridized carbons (Fsp3) is 0.190. The summed E-state index contributed by atoms with van der Waals surface area (Å²) < 4.78 is 10.0. The Hall–Kier alpha value is -2.63. The second-order valence-electron chi connectivity index (χ2n) is 6.09. The van der Waals surface area contributed by atoms with Crippen molar-refractivity contribution >= 4 is 34.7 Å². The predicted octanol–water partition coefficient (Wildman–Crippen LogP) is 4.65. The van der Waals surface area contributed by atoms with E-state index in [1.54, 1.807) is 44.6 Å². The molecule has 2 aromatic carbocycles. The number of allylic oxidation sites excluding steroid dienone is 3. The van der Waals surface area contributed by atoms with Crippen LogP contribution in [0.3, 0.4) is 0 Å². The lowest BCUT2D eigenvalue weighted by atomic mass is 9.81. The molecule has 3 rings (SSSR count). The number of nitrogen functional groups attached to an aromatic ring is 1. The van der Waals surface area contributed by atoms with Crippen LogP contribution < -0.4 is 20.9 Å². The van der Waals surface area contributed by atoms with Crippen molar-refractivity contribution in [1.29, 1.82) is 5.41 Å². The lowest BCUT2D eigenvalue weighted by Crippen LogP contribution is -2.37. The number of rotatable bonds is 4. The van der Waals surface area contributed by atoms with E-state index >= 15 is 0 Å². The van der Waals surface area contributed by atoms with Gasteiger partial charge in [0.1, 0.15) is 22.2 Å². The molecule has 0 bridgehead atoms. The monoisotopic (exact) mass is 419 g/mol. The first kappa shape index (κ1) is 21.7. The first-order chi connectivity index (χ1) is 13.3. The molecule has 1 aliphatic rings. The Balaban J connectivity index is 0.000000261. The van der Waals surface area contributed by atoms with E-state index in [2.05, 4.69) is 0 Å². The quantitative estimate of drug-likeness (QED) is 0.290. The number of methoxy groups -OCH3 is 2. The smallest absolute Gasteiger partial charge is 0.119 e. The van der Waals surface area contributed by atoms with Crippen molar-refractivity contribution in [3.05, 3.63) is 77.4 Å². The molecule has 0 radical (unpaired) electrons. The Kier molecular flexibility index (Phi) is 7.38. The minimum Gasteiger partial charge on any atom is -0.497 e. The van der Waals surface area contributed by atoms with Gasteiger partial charge >= 0.3 is 0 Å². The molecule has 0 saturated heterocycles. The zero-order valence-corrected chi connectivity index (χ0v) is 17.2. The molecule has 0 aromatic heterocycles. The highest BCUT2D eigenvalue weighted by atomic mass is 35.5. The van der Waals surface area contributed by atoms with Crippen LogP contribution >= 0.6 is 23.2 Å². The third-order valence-corrected chi connectivity index (χ3v) is 5.03. The molecule has 2 unspecified atom stereocenters. The lowest BCUT2D eigenvalue weighted by molar-refractivity contribution is 0.414. The van der Waals surface area contributed by atoms with Gasteiger partial charge in [0.2, 0.25) is 0 Å². The van der Waals surface area contributed by atoms with Crippen LogP contribution in [0.5, 0.6) is 11.5 Å². The number of hydrogen-bond acceptors (Lipinski definition) is 4. The van der Waals surface area contributed by atoms with Crippen LogP contribution in [0, 0.1) is 11.3 Å². The molecule has 0 heterocycles. The van der Waals surface area contributed by atoms with Gasteiger partial charge in [-0.05, 0) is 54.1 Å². The predicted molar refractivity (Wildman–Crippen MR) is 116 cm³/mol. The summed E-state index contributed by atoms with van der Waals surface area (Å²) in [5, 5.41) is 8.21. The Labute approximate surface area is 175 Å². The summed E-state index contributed by atoms with van der Waals surface area (Å²) in [6, 6.07) is 14.6. The topological polar surface area (TPSA) is 94.3 Å². The lowest BCUT2D eigenvalue weighted by Gasteiger charge is -2.33. The van der Waals surface area contributed by atoms with Crippen molar-refractivity contribution in [3.63, 3.8) is 0 Å². The number of hydrogen-bond donors (Lipinski definition) is 3. The molecule has 28 heavy (non-hydrogen) atoms. The maximum Gasteiger partial charge on any atom is 0.119 e. The molecular weight excluding hydrogens is 397 g/mol. The second kappa shape index (κ2) is 9.53. The molecule has 148 valence electrons. The summed E-state index contributed by atoms with van der Waals surface area (Å²) in [6.07, 6.45) is 5.17. The number of alkyl halides is 1. The number of amidine groups is 1. The van der Waals surface area contributed by atoms with Gasteiger partial charge in [0.05, 0.1) is 20.1 Å². The highest BCUT2D eigenvalue weighted by molar-refractivity contribution is 6.34. The van der Waals surface area contributed by atoms with Gasteiger partial charge in [0.25, 0.3) is 0 Å². The van der Waals surface area contributed by atoms with Crippen molar-refractivity contribution in [2.75, 3.05) is 20.0 Å². The van der Waals surface area contributed by atoms with E-state index in [1.807, 2.05) is 36.4 Å². The number of nitrogens with one attached hydrogen (secondary N) is 1. The fourth-order valence-corrected chi connectivity index (χ4v) is 3.44. The Bertz CT molecular complexity index is 864. The van der Waals surface area contributed by atoms with Gasteiger partial charge in [-0.3, -0.25) is 5.41 Å². The van der Waals surface area contributed by atoms with Crippen LogP contribution in [0.4, 0.5) is 5.69 Å². The van der Waals surface area contributed by atoms with E-state index in [9.17, 15) is 0 Å². The largest absolute Gasteiger partial charge is 0.497 e. The van der Waals surface area contributed by atoms with E-state index in [1.165, 1.54) is 0 Å². The van der Waals surface area contributed by atoms with Crippen LogP contribution in [-0.2, 0) is 4.87 Å². The van der Waals surface area contributed by atoms with Crippen LogP contribution in [0.1, 0.15) is 5.56 Å². The molecule has 0 aliphatic heterocycles. The number of benzene rings is 2. The van der Waals surface area contributed by atoms with Gasteiger partial charge in [-0.1, -0.05) is 29.8 Å². The molecular formula is C21H23Cl2N3O2. The molecule has 5 nitrogen and oxygen atoms in total. The average molecular weight is 420 g/mol.